The van der Waals surface area contributed by atoms with Crippen LogP contribution in [0.3, 0.4) is 0 Å². The van der Waals surface area contributed by atoms with E-state index in [1.807, 2.05) is 52.9 Å². The molecule has 4 aromatic rings. The number of aryl methyl sites for hydroxylation is 1. The summed E-state index contributed by atoms with van der Waals surface area (Å²) in [7, 11) is 0. The number of hydrogen-bond acceptors (Lipinski definition) is 3. The van der Waals surface area contributed by atoms with Crippen molar-refractivity contribution in [1.29, 1.82) is 0 Å². The fourth-order valence-electron chi connectivity index (χ4n) is 4.14. The summed E-state index contributed by atoms with van der Waals surface area (Å²) in [5, 5.41) is 5.75. The Labute approximate surface area is 180 Å². The average molecular weight is 418 g/mol. The van der Waals surface area contributed by atoms with Crippen LogP contribution in [0.25, 0.3) is 15.9 Å². The lowest BCUT2D eigenvalue weighted by molar-refractivity contribution is -0.917. The number of amides is 1. The first-order valence-corrected chi connectivity index (χ1v) is 11.2. The highest BCUT2D eigenvalue weighted by Gasteiger charge is 2.26. The van der Waals surface area contributed by atoms with E-state index in [1.54, 1.807) is 11.3 Å². The largest absolute Gasteiger partial charge is 0.328 e. The van der Waals surface area contributed by atoms with Gasteiger partial charge in [0.2, 0.25) is 0 Å². The normalized spacial score (nSPS) is 15.0. The Morgan fingerprint density at radius 3 is 2.40 bits per heavy atom. The van der Waals surface area contributed by atoms with Crippen LogP contribution in [0, 0.1) is 6.92 Å². The monoisotopic (exact) mass is 417 g/mol. The predicted molar refractivity (Wildman–Crippen MR) is 120 cm³/mol. The highest BCUT2D eigenvalue weighted by Crippen LogP contribution is 2.31. The zero-order chi connectivity index (χ0) is 20.5. The third kappa shape index (κ3) is 3.64. The van der Waals surface area contributed by atoms with Crippen molar-refractivity contribution in [3.05, 3.63) is 82.9 Å². The van der Waals surface area contributed by atoms with Gasteiger partial charge in [0.05, 0.1) is 42.4 Å². The van der Waals surface area contributed by atoms with Crippen molar-refractivity contribution in [2.45, 2.75) is 13.5 Å². The Morgan fingerprint density at radius 2 is 1.70 bits per heavy atom. The molecule has 2 aromatic carbocycles. The summed E-state index contributed by atoms with van der Waals surface area (Å²) in [6.07, 6.45) is 0. The summed E-state index contributed by atoms with van der Waals surface area (Å²) in [6.45, 7) is 6.62. The number of fused-ring (bicyclic) bond motifs is 1. The molecule has 1 fully saturated rings. The van der Waals surface area contributed by atoms with Gasteiger partial charge in [0.25, 0.3) is 5.91 Å². The fraction of sp³-hybridized carbons (Fsp3) is 0.250. The lowest BCUT2D eigenvalue weighted by atomic mass is 10.2. The molecule has 152 valence electrons. The predicted octanol–water partition coefficient (Wildman–Crippen LogP) is 2.94. The van der Waals surface area contributed by atoms with Gasteiger partial charge in [-0.05, 0) is 25.1 Å². The second kappa shape index (κ2) is 8.05. The molecule has 5 rings (SSSR count). The minimum Gasteiger partial charge on any atom is -0.328 e. The summed E-state index contributed by atoms with van der Waals surface area (Å²) in [5.74, 6) is 0.147. The second-order valence-corrected chi connectivity index (χ2v) is 8.90. The molecule has 30 heavy (non-hydrogen) atoms. The third-order valence-electron chi connectivity index (χ3n) is 5.81. The number of para-hydroxylation sites is 1. The number of aromatic nitrogens is 2. The van der Waals surface area contributed by atoms with Crippen LogP contribution < -0.4 is 4.90 Å². The highest BCUT2D eigenvalue weighted by atomic mass is 32.1. The minimum atomic E-state index is 0.147. The minimum absolute atomic E-state index is 0.147. The first-order valence-electron chi connectivity index (χ1n) is 10.4. The van der Waals surface area contributed by atoms with E-state index in [0.29, 0.717) is 0 Å². The molecular formula is C24H25N4OS+. The Balaban J connectivity index is 1.31. The van der Waals surface area contributed by atoms with Crippen LogP contribution in [0.1, 0.15) is 20.9 Å². The van der Waals surface area contributed by atoms with Gasteiger partial charge in [-0.15, -0.1) is 11.3 Å². The molecule has 5 nitrogen and oxygen atoms in total. The molecule has 0 aliphatic carbocycles. The molecule has 0 saturated carbocycles. The molecule has 0 spiro atoms. The van der Waals surface area contributed by atoms with Crippen LogP contribution >= 0.6 is 11.3 Å². The summed E-state index contributed by atoms with van der Waals surface area (Å²) >= 11 is 1.55. The van der Waals surface area contributed by atoms with Crippen molar-refractivity contribution in [3.63, 3.8) is 0 Å². The van der Waals surface area contributed by atoms with Crippen molar-refractivity contribution in [1.82, 2.24) is 14.7 Å². The van der Waals surface area contributed by atoms with E-state index in [4.69, 9.17) is 0 Å². The summed E-state index contributed by atoms with van der Waals surface area (Å²) in [6, 6.07) is 22.7. The van der Waals surface area contributed by atoms with Gasteiger partial charge in [-0.2, -0.15) is 5.10 Å². The smallest absolute Gasteiger partial charge is 0.264 e. The summed E-state index contributed by atoms with van der Waals surface area (Å²) in [5.41, 5.74) is 3.34. The molecule has 1 aliphatic rings. The number of hydrogen-bond donors (Lipinski definition) is 1. The first kappa shape index (κ1) is 19.0. The molecule has 1 amide bonds. The Kier molecular flexibility index (Phi) is 5.11. The maximum atomic E-state index is 13.2. The van der Waals surface area contributed by atoms with Gasteiger partial charge in [0, 0.05) is 10.9 Å². The molecule has 3 heterocycles. The molecule has 0 atom stereocenters. The van der Waals surface area contributed by atoms with Gasteiger partial charge in [-0.1, -0.05) is 48.5 Å². The first-order chi connectivity index (χ1) is 14.7. The number of benzene rings is 2. The maximum absolute atomic E-state index is 13.2. The third-order valence-corrected chi connectivity index (χ3v) is 6.91. The molecule has 6 heteroatoms. The van der Waals surface area contributed by atoms with Crippen molar-refractivity contribution < 1.29 is 9.69 Å². The number of piperazine rings is 1. The van der Waals surface area contributed by atoms with Crippen molar-refractivity contribution in [3.8, 4) is 5.69 Å². The summed E-state index contributed by atoms with van der Waals surface area (Å²) in [4.78, 5) is 18.6. The van der Waals surface area contributed by atoms with Crippen molar-refractivity contribution in [2.75, 3.05) is 26.2 Å². The standard InChI is InChI=1S/C24H24N4OS/c1-18-21-16-22(30-24(21)28(25-18)20-10-6-3-7-11-20)23(29)27-14-12-26(13-15-27)17-19-8-4-2-5-9-19/h2-11,16H,12-15,17H2,1H3/p+1. The van der Waals surface area contributed by atoms with Crippen LogP contribution in [-0.4, -0.2) is 46.8 Å². The Bertz CT molecular complexity index is 1160. The fourth-order valence-corrected chi connectivity index (χ4v) is 5.29. The van der Waals surface area contributed by atoms with E-state index < -0.39 is 0 Å². The molecule has 0 bridgehead atoms. The van der Waals surface area contributed by atoms with Crippen LogP contribution in [-0.2, 0) is 6.54 Å². The van der Waals surface area contributed by atoms with E-state index in [9.17, 15) is 4.79 Å². The highest BCUT2D eigenvalue weighted by molar-refractivity contribution is 7.20. The topological polar surface area (TPSA) is 42.6 Å². The van der Waals surface area contributed by atoms with Gasteiger partial charge in [-0.3, -0.25) is 4.79 Å². The number of thiophene rings is 1. The van der Waals surface area contributed by atoms with E-state index in [0.717, 1.165) is 59.2 Å². The number of nitrogens with zero attached hydrogens (tertiary/aromatic N) is 3. The molecule has 1 N–H and O–H groups in total. The molecule has 1 saturated heterocycles. The maximum Gasteiger partial charge on any atom is 0.264 e. The Hall–Kier alpha value is -2.96. The van der Waals surface area contributed by atoms with Gasteiger partial charge in [-0.25, -0.2) is 4.68 Å². The number of quaternary nitrogens is 1. The number of carbonyl (C=O) groups is 1. The summed E-state index contributed by atoms with van der Waals surface area (Å²) < 4.78 is 1.95. The molecule has 1 aliphatic heterocycles. The second-order valence-electron chi connectivity index (χ2n) is 7.87. The van der Waals surface area contributed by atoms with Crippen LogP contribution in [0.4, 0.5) is 0 Å². The van der Waals surface area contributed by atoms with Gasteiger partial charge < -0.3 is 9.80 Å². The lowest BCUT2D eigenvalue weighted by Gasteiger charge is -2.32. The number of nitrogens with one attached hydrogen (secondary N) is 1. The molecule has 0 radical (unpaired) electrons. The van der Waals surface area contributed by atoms with Gasteiger partial charge in [0.1, 0.15) is 11.4 Å². The number of carbonyl (C=O) groups excluding carboxylic acids is 1. The quantitative estimate of drug-likeness (QED) is 0.555. The number of rotatable bonds is 4. The zero-order valence-electron chi connectivity index (χ0n) is 17.0. The average Bonchev–Trinajstić information content (AvgIpc) is 3.36. The molecule has 2 aromatic heterocycles. The molecule has 0 unspecified atom stereocenters. The van der Waals surface area contributed by atoms with E-state index in [1.165, 1.54) is 10.5 Å². The van der Waals surface area contributed by atoms with Crippen molar-refractivity contribution in [2.24, 2.45) is 0 Å². The van der Waals surface area contributed by atoms with E-state index >= 15 is 0 Å². The van der Waals surface area contributed by atoms with Crippen LogP contribution in [0.2, 0.25) is 0 Å². The Morgan fingerprint density at radius 1 is 1.03 bits per heavy atom. The molecular weight excluding hydrogens is 392 g/mol. The zero-order valence-corrected chi connectivity index (χ0v) is 17.9. The SMILES string of the molecule is Cc1nn(-c2ccccc2)c2sc(C(=O)N3CC[NH+](Cc4ccccc4)CC3)cc12. The van der Waals surface area contributed by atoms with Gasteiger partial charge in [0.15, 0.2) is 0 Å². The van der Waals surface area contributed by atoms with E-state index in [-0.39, 0.29) is 5.91 Å². The van der Waals surface area contributed by atoms with Crippen LogP contribution in [0.15, 0.2) is 66.7 Å². The van der Waals surface area contributed by atoms with Crippen molar-refractivity contribution >= 4 is 27.5 Å². The van der Waals surface area contributed by atoms with Gasteiger partial charge >= 0.3 is 0 Å². The lowest BCUT2D eigenvalue weighted by Crippen LogP contribution is -3.13. The van der Waals surface area contributed by atoms with Crippen LogP contribution in [0.5, 0.6) is 0 Å². The van der Waals surface area contributed by atoms with E-state index in [2.05, 4.69) is 35.4 Å².